The Labute approximate surface area is 110 Å². The van der Waals surface area contributed by atoms with Gasteiger partial charge in [-0.2, -0.15) is 0 Å². The molecule has 0 spiro atoms. The molecule has 0 aromatic heterocycles. The molecular weight excluding hydrogens is 228 g/mol. The number of halogens is 1. The maximum atomic E-state index is 5.77. The first-order chi connectivity index (χ1) is 8.30. The van der Waals surface area contributed by atoms with Crippen molar-refractivity contribution in [1.82, 2.24) is 0 Å². The molecule has 0 nitrogen and oxygen atoms in total. The highest BCUT2D eigenvalue weighted by Gasteiger charge is 1.96. The third-order valence-electron chi connectivity index (χ3n) is 2.82. The largest absolute Gasteiger partial charge is 0.122 e. The quantitative estimate of drug-likeness (QED) is 0.475. The Balaban J connectivity index is 2.51. The van der Waals surface area contributed by atoms with Crippen molar-refractivity contribution in [2.75, 3.05) is 0 Å². The van der Waals surface area contributed by atoms with E-state index in [4.69, 9.17) is 11.6 Å². The predicted octanol–water partition coefficient (Wildman–Crippen LogP) is 5.27. The minimum absolute atomic E-state index is 0.597. The Morgan fingerprint density at radius 3 is 2.35 bits per heavy atom. The molecule has 1 heteroatoms. The third-order valence-corrected chi connectivity index (χ3v) is 3.13. The molecule has 0 unspecified atom stereocenters. The predicted molar refractivity (Wildman–Crippen MR) is 77.5 cm³/mol. The fourth-order valence-corrected chi connectivity index (χ4v) is 1.85. The number of hydrogen-bond acceptors (Lipinski definition) is 0. The van der Waals surface area contributed by atoms with Crippen LogP contribution in [0.1, 0.15) is 37.8 Å². The van der Waals surface area contributed by atoms with Crippen molar-refractivity contribution in [2.45, 2.75) is 39.0 Å². The highest BCUT2D eigenvalue weighted by Crippen LogP contribution is 2.13. The van der Waals surface area contributed by atoms with Crippen LogP contribution in [-0.2, 0) is 12.3 Å². The fourth-order valence-electron chi connectivity index (χ4n) is 1.68. The molecule has 0 aliphatic heterocycles. The molecule has 0 N–H and O–H groups in total. The maximum Gasteiger partial charge on any atom is 0.0474 e. The summed E-state index contributed by atoms with van der Waals surface area (Å²) in [5.41, 5.74) is 3.98. The van der Waals surface area contributed by atoms with Gasteiger partial charge in [-0.1, -0.05) is 55.0 Å². The standard InChI is InChI=1S/C16H21Cl/c1-3-5-6-14(4-2)7-8-15-9-11-16(13-17)12-10-15/h4-6,9-12H,3,7-8,13H2,1-2H3/b6-5-,14-4+. The molecule has 0 amide bonds. The third kappa shape index (κ3) is 5.23. The van der Waals surface area contributed by atoms with Crippen molar-refractivity contribution >= 4 is 11.6 Å². The van der Waals surface area contributed by atoms with E-state index >= 15 is 0 Å². The average molecular weight is 249 g/mol. The lowest BCUT2D eigenvalue weighted by atomic mass is 10.0. The Morgan fingerprint density at radius 2 is 1.82 bits per heavy atom. The summed E-state index contributed by atoms with van der Waals surface area (Å²) in [4.78, 5) is 0. The summed E-state index contributed by atoms with van der Waals surface area (Å²) in [6.45, 7) is 4.26. The monoisotopic (exact) mass is 248 g/mol. The zero-order valence-corrected chi connectivity index (χ0v) is 11.5. The smallest absolute Gasteiger partial charge is 0.0474 e. The number of aryl methyl sites for hydroxylation is 1. The van der Waals surface area contributed by atoms with Gasteiger partial charge in [0.2, 0.25) is 0 Å². The van der Waals surface area contributed by atoms with E-state index in [-0.39, 0.29) is 0 Å². The number of rotatable bonds is 6. The molecule has 92 valence electrons. The zero-order valence-electron chi connectivity index (χ0n) is 10.7. The zero-order chi connectivity index (χ0) is 12.5. The summed E-state index contributed by atoms with van der Waals surface area (Å²) in [5.74, 6) is 0.597. The van der Waals surface area contributed by atoms with Crippen LogP contribution in [0.2, 0.25) is 0 Å². The lowest BCUT2D eigenvalue weighted by molar-refractivity contribution is 0.959. The van der Waals surface area contributed by atoms with Gasteiger partial charge < -0.3 is 0 Å². The second-order valence-corrected chi connectivity index (χ2v) is 4.39. The summed E-state index contributed by atoms with van der Waals surface area (Å²) in [6, 6.07) is 8.57. The lowest BCUT2D eigenvalue weighted by Gasteiger charge is -2.03. The van der Waals surface area contributed by atoms with E-state index in [0.717, 1.165) is 19.3 Å². The Kier molecular flexibility index (Phi) is 6.73. The van der Waals surface area contributed by atoms with Crippen LogP contribution in [0.25, 0.3) is 0 Å². The van der Waals surface area contributed by atoms with Gasteiger partial charge >= 0.3 is 0 Å². The van der Waals surface area contributed by atoms with Gasteiger partial charge in [0, 0.05) is 5.88 Å². The SMILES string of the molecule is C/C=C(\C=C/CC)CCc1ccc(CCl)cc1. The molecule has 0 atom stereocenters. The highest BCUT2D eigenvalue weighted by molar-refractivity contribution is 6.17. The van der Waals surface area contributed by atoms with E-state index in [0.29, 0.717) is 5.88 Å². The molecule has 17 heavy (non-hydrogen) atoms. The number of allylic oxidation sites excluding steroid dienone is 4. The molecular formula is C16H21Cl. The van der Waals surface area contributed by atoms with E-state index in [1.165, 1.54) is 16.7 Å². The van der Waals surface area contributed by atoms with Gasteiger partial charge in [0.1, 0.15) is 0 Å². The van der Waals surface area contributed by atoms with Crippen molar-refractivity contribution < 1.29 is 0 Å². The van der Waals surface area contributed by atoms with Crippen LogP contribution in [0.4, 0.5) is 0 Å². The first kappa shape index (κ1) is 14.1. The topological polar surface area (TPSA) is 0 Å². The molecule has 1 aromatic carbocycles. The molecule has 1 aromatic rings. The Hall–Kier alpha value is -1.01. The van der Waals surface area contributed by atoms with E-state index in [2.05, 4.69) is 56.3 Å². The molecule has 0 fully saturated rings. The highest BCUT2D eigenvalue weighted by atomic mass is 35.5. The number of hydrogen-bond donors (Lipinski definition) is 0. The van der Waals surface area contributed by atoms with Crippen LogP contribution in [-0.4, -0.2) is 0 Å². The first-order valence-corrected chi connectivity index (χ1v) is 6.79. The first-order valence-electron chi connectivity index (χ1n) is 6.25. The summed E-state index contributed by atoms with van der Waals surface area (Å²) in [7, 11) is 0. The minimum Gasteiger partial charge on any atom is -0.122 e. The second kappa shape index (κ2) is 8.14. The molecule has 0 aliphatic carbocycles. The van der Waals surface area contributed by atoms with E-state index in [9.17, 15) is 0 Å². The fraction of sp³-hybridized carbons (Fsp3) is 0.375. The lowest BCUT2D eigenvalue weighted by Crippen LogP contribution is -1.88. The molecule has 0 aliphatic rings. The summed E-state index contributed by atoms with van der Waals surface area (Å²) in [6.07, 6.45) is 9.93. The summed E-state index contributed by atoms with van der Waals surface area (Å²) >= 11 is 5.77. The molecule has 0 heterocycles. The maximum absolute atomic E-state index is 5.77. The van der Waals surface area contributed by atoms with Crippen molar-refractivity contribution in [3.05, 3.63) is 59.2 Å². The van der Waals surface area contributed by atoms with Crippen molar-refractivity contribution in [2.24, 2.45) is 0 Å². The number of alkyl halides is 1. The molecule has 0 saturated carbocycles. The Bertz CT molecular complexity index is 371. The normalized spacial score (nSPS) is 12.3. The van der Waals surface area contributed by atoms with Crippen molar-refractivity contribution in [3.8, 4) is 0 Å². The van der Waals surface area contributed by atoms with E-state index in [1.807, 2.05) is 0 Å². The van der Waals surface area contributed by atoms with Gasteiger partial charge in [0.25, 0.3) is 0 Å². The molecule has 0 radical (unpaired) electrons. The minimum atomic E-state index is 0.597. The molecule has 0 saturated heterocycles. The molecule has 0 bridgehead atoms. The van der Waals surface area contributed by atoms with Crippen LogP contribution >= 0.6 is 11.6 Å². The van der Waals surface area contributed by atoms with Crippen molar-refractivity contribution in [1.29, 1.82) is 0 Å². The summed E-state index contributed by atoms with van der Waals surface area (Å²) < 4.78 is 0. The number of benzene rings is 1. The van der Waals surface area contributed by atoms with Crippen LogP contribution in [0, 0.1) is 0 Å². The summed E-state index contributed by atoms with van der Waals surface area (Å²) in [5, 5.41) is 0. The van der Waals surface area contributed by atoms with E-state index < -0.39 is 0 Å². The van der Waals surface area contributed by atoms with Crippen LogP contribution in [0.5, 0.6) is 0 Å². The second-order valence-electron chi connectivity index (χ2n) is 4.12. The Morgan fingerprint density at radius 1 is 1.18 bits per heavy atom. The van der Waals surface area contributed by atoms with Gasteiger partial charge in [-0.3, -0.25) is 0 Å². The van der Waals surface area contributed by atoms with Gasteiger partial charge in [0.15, 0.2) is 0 Å². The molecule has 1 rings (SSSR count). The van der Waals surface area contributed by atoms with Gasteiger partial charge in [-0.15, -0.1) is 11.6 Å². The van der Waals surface area contributed by atoms with E-state index in [1.54, 1.807) is 0 Å². The van der Waals surface area contributed by atoms with Crippen LogP contribution < -0.4 is 0 Å². The van der Waals surface area contributed by atoms with Crippen LogP contribution in [0.3, 0.4) is 0 Å². The average Bonchev–Trinajstić information content (AvgIpc) is 2.39. The van der Waals surface area contributed by atoms with Gasteiger partial charge in [-0.25, -0.2) is 0 Å². The van der Waals surface area contributed by atoms with Crippen molar-refractivity contribution in [3.63, 3.8) is 0 Å². The van der Waals surface area contributed by atoms with Gasteiger partial charge in [-0.05, 0) is 37.3 Å². The van der Waals surface area contributed by atoms with Crippen LogP contribution in [0.15, 0.2) is 48.1 Å². The van der Waals surface area contributed by atoms with Gasteiger partial charge in [0.05, 0.1) is 0 Å².